The molecule has 2 N–H and O–H groups in total. The van der Waals surface area contributed by atoms with Gasteiger partial charge < -0.3 is 20.3 Å². The number of benzene rings is 1. The second-order valence-corrected chi connectivity index (χ2v) is 7.54. The van der Waals surface area contributed by atoms with Gasteiger partial charge in [-0.3, -0.25) is 14.4 Å². The third kappa shape index (κ3) is 4.22. The monoisotopic (exact) mass is 461 g/mol. The Hall–Kier alpha value is -4.54. The summed E-state index contributed by atoms with van der Waals surface area (Å²) in [4.78, 5) is 45.9. The van der Waals surface area contributed by atoms with E-state index >= 15 is 0 Å². The number of ketones is 1. The Bertz CT molecular complexity index is 1230. The van der Waals surface area contributed by atoms with Crippen molar-refractivity contribution >= 4 is 28.9 Å². The SMILES string of the molecule is C=C(C(=O)C(=O)N1CCN(C(=O)c2ccccc2)CC1)c1c(OC)cnc(-n2ccnn2)c1N. The maximum atomic E-state index is 13.1. The number of methoxy groups -OCH3 is 1. The standard InChI is InChI=1S/C23H23N7O4/c1-15(18-17(34-2)14-25-21(19(18)24)30-9-8-26-27-30)20(31)23(33)29-12-10-28(11-13-29)22(32)16-6-4-3-5-7-16/h3-9,14H,1,10-13,24H2,2H3. The number of hydrogen-bond donors (Lipinski definition) is 1. The van der Waals surface area contributed by atoms with Crippen LogP contribution in [0.4, 0.5) is 5.69 Å². The Balaban J connectivity index is 1.48. The Morgan fingerprint density at radius 3 is 2.35 bits per heavy atom. The summed E-state index contributed by atoms with van der Waals surface area (Å²) in [6, 6.07) is 8.92. The molecule has 0 spiro atoms. The second kappa shape index (κ2) is 9.53. The number of rotatable bonds is 6. The average molecular weight is 461 g/mol. The van der Waals surface area contributed by atoms with Crippen molar-refractivity contribution in [3.05, 3.63) is 66.6 Å². The van der Waals surface area contributed by atoms with Gasteiger partial charge in [0.15, 0.2) is 5.82 Å². The van der Waals surface area contributed by atoms with Crippen LogP contribution in [0.5, 0.6) is 5.75 Å². The van der Waals surface area contributed by atoms with Crippen LogP contribution in [0.1, 0.15) is 15.9 Å². The molecular formula is C23H23N7O4. The lowest BCUT2D eigenvalue weighted by molar-refractivity contribution is -0.142. The highest BCUT2D eigenvalue weighted by Crippen LogP contribution is 2.34. The molecule has 0 radical (unpaired) electrons. The van der Waals surface area contributed by atoms with Gasteiger partial charge in [0, 0.05) is 37.3 Å². The van der Waals surface area contributed by atoms with E-state index in [1.807, 2.05) is 6.07 Å². The quantitative estimate of drug-likeness (QED) is 0.421. The number of anilines is 1. The van der Waals surface area contributed by atoms with Crippen molar-refractivity contribution in [3.8, 4) is 11.6 Å². The van der Waals surface area contributed by atoms with E-state index in [0.717, 1.165) is 0 Å². The molecule has 2 aromatic heterocycles. The van der Waals surface area contributed by atoms with E-state index in [2.05, 4.69) is 21.9 Å². The van der Waals surface area contributed by atoms with Crippen LogP contribution in [0.15, 0.2) is 55.5 Å². The fourth-order valence-corrected chi connectivity index (χ4v) is 3.73. The summed E-state index contributed by atoms with van der Waals surface area (Å²) in [5.74, 6) is -1.23. The lowest BCUT2D eigenvalue weighted by atomic mass is 10.0. The molecule has 1 saturated heterocycles. The normalized spacial score (nSPS) is 13.4. The number of piperazine rings is 1. The van der Waals surface area contributed by atoms with E-state index in [9.17, 15) is 14.4 Å². The first-order chi connectivity index (χ1) is 16.4. The summed E-state index contributed by atoms with van der Waals surface area (Å²) in [5.41, 5.74) is 6.97. The van der Waals surface area contributed by atoms with Crippen molar-refractivity contribution in [2.45, 2.75) is 0 Å². The molecule has 11 nitrogen and oxygen atoms in total. The molecule has 174 valence electrons. The Morgan fingerprint density at radius 1 is 1.06 bits per heavy atom. The van der Waals surface area contributed by atoms with Crippen molar-refractivity contribution in [2.24, 2.45) is 0 Å². The summed E-state index contributed by atoms with van der Waals surface area (Å²) < 4.78 is 6.64. The van der Waals surface area contributed by atoms with E-state index in [1.165, 1.54) is 29.1 Å². The number of nitrogens with two attached hydrogens (primary N) is 1. The topological polar surface area (TPSA) is 137 Å². The van der Waals surface area contributed by atoms with Crippen molar-refractivity contribution in [1.29, 1.82) is 0 Å². The molecule has 34 heavy (non-hydrogen) atoms. The summed E-state index contributed by atoms with van der Waals surface area (Å²) in [7, 11) is 1.40. The molecule has 1 aliphatic rings. The molecule has 1 aliphatic heterocycles. The van der Waals surface area contributed by atoms with Gasteiger partial charge in [-0.05, 0) is 12.1 Å². The van der Waals surface area contributed by atoms with E-state index < -0.39 is 11.7 Å². The van der Waals surface area contributed by atoms with Crippen molar-refractivity contribution < 1.29 is 19.1 Å². The van der Waals surface area contributed by atoms with Crippen LogP contribution in [0.2, 0.25) is 0 Å². The molecule has 0 atom stereocenters. The molecule has 1 fully saturated rings. The molecule has 3 aromatic rings. The highest BCUT2D eigenvalue weighted by molar-refractivity contribution is 6.53. The molecule has 11 heteroatoms. The number of hydrogen-bond acceptors (Lipinski definition) is 8. The molecule has 0 unspecified atom stereocenters. The van der Waals surface area contributed by atoms with E-state index in [1.54, 1.807) is 35.4 Å². The number of nitrogens with zero attached hydrogens (tertiary/aromatic N) is 6. The van der Waals surface area contributed by atoms with Crippen molar-refractivity contribution in [2.75, 3.05) is 39.0 Å². The van der Waals surface area contributed by atoms with E-state index in [-0.39, 0.29) is 47.4 Å². The fourth-order valence-electron chi connectivity index (χ4n) is 3.73. The summed E-state index contributed by atoms with van der Waals surface area (Å²) >= 11 is 0. The maximum Gasteiger partial charge on any atom is 0.295 e. The van der Waals surface area contributed by atoms with Crippen LogP contribution in [0.25, 0.3) is 11.4 Å². The molecule has 2 amide bonds. The predicted octanol–water partition coefficient (Wildman–Crippen LogP) is 0.820. The number of pyridine rings is 1. The van der Waals surface area contributed by atoms with Crippen LogP contribution in [0.3, 0.4) is 0 Å². The Kier molecular flexibility index (Phi) is 6.35. The molecule has 3 heterocycles. The maximum absolute atomic E-state index is 13.1. The van der Waals surface area contributed by atoms with Gasteiger partial charge in [-0.2, -0.15) is 0 Å². The van der Waals surface area contributed by atoms with Crippen LogP contribution in [-0.2, 0) is 9.59 Å². The number of amides is 2. The number of aromatic nitrogens is 4. The Labute approximate surface area is 195 Å². The minimum absolute atomic E-state index is 0.0780. The highest BCUT2D eigenvalue weighted by atomic mass is 16.5. The van der Waals surface area contributed by atoms with E-state index in [4.69, 9.17) is 10.5 Å². The largest absolute Gasteiger partial charge is 0.494 e. The van der Waals surface area contributed by atoms with Crippen molar-refractivity contribution in [1.82, 2.24) is 29.8 Å². The molecule has 0 aliphatic carbocycles. The number of Topliss-reactive ketones (excluding diaryl/α,β-unsaturated/α-hetero) is 1. The zero-order valence-electron chi connectivity index (χ0n) is 18.5. The summed E-state index contributed by atoms with van der Waals surface area (Å²) in [6.45, 7) is 4.90. The average Bonchev–Trinajstić information content (AvgIpc) is 3.42. The minimum atomic E-state index is -0.816. The number of nitrogen functional groups attached to an aromatic ring is 1. The lowest BCUT2D eigenvalue weighted by Gasteiger charge is -2.34. The number of ether oxygens (including phenoxy) is 1. The number of carbonyl (C=O) groups is 3. The number of carbonyl (C=O) groups excluding carboxylic acids is 3. The molecule has 0 saturated carbocycles. The third-order valence-corrected chi connectivity index (χ3v) is 5.57. The van der Waals surface area contributed by atoms with Crippen LogP contribution in [0, 0.1) is 0 Å². The van der Waals surface area contributed by atoms with Gasteiger partial charge in [-0.25, -0.2) is 9.67 Å². The van der Waals surface area contributed by atoms with Gasteiger partial charge in [0.1, 0.15) is 5.75 Å². The zero-order chi connectivity index (χ0) is 24.2. The van der Waals surface area contributed by atoms with Gasteiger partial charge >= 0.3 is 0 Å². The first kappa shape index (κ1) is 22.6. The summed E-state index contributed by atoms with van der Waals surface area (Å²) in [6.07, 6.45) is 4.37. The fraction of sp³-hybridized carbons (Fsp3) is 0.217. The molecule has 4 rings (SSSR count). The molecular weight excluding hydrogens is 438 g/mol. The second-order valence-electron chi connectivity index (χ2n) is 7.54. The van der Waals surface area contributed by atoms with Gasteiger partial charge in [0.25, 0.3) is 17.6 Å². The van der Waals surface area contributed by atoms with Gasteiger partial charge in [0.2, 0.25) is 0 Å². The first-order valence-electron chi connectivity index (χ1n) is 10.5. The first-order valence-corrected chi connectivity index (χ1v) is 10.5. The zero-order valence-corrected chi connectivity index (χ0v) is 18.5. The van der Waals surface area contributed by atoms with E-state index in [0.29, 0.717) is 18.7 Å². The van der Waals surface area contributed by atoms with Gasteiger partial charge in [0.05, 0.1) is 37.0 Å². The van der Waals surface area contributed by atoms with Crippen LogP contribution < -0.4 is 10.5 Å². The summed E-state index contributed by atoms with van der Waals surface area (Å²) in [5, 5.41) is 7.59. The third-order valence-electron chi connectivity index (χ3n) is 5.57. The van der Waals surface area contributed by atoms with Crippen LogP contribution in [-0.4, -0.2) is 80.7 Å². The van der Waals surface area contributed by atoms with Gasteiger partial charge in [-0.15, -0.1) is 5.10 Å². The molecule has 0 bridgehead atoms. The Morgan fingerprint density at radius 2 is 1.74 bits per heavy atom. The molecule has 1 aromatic carbocycles. The minimum Gasteiger partial charge on any atom is -0.494 e. The van der Waals surface area contributed by atoms with Gasteiger partial charge in [-0.1, -0.05) is 30.0 Å². The highest BCUT2D eigenvalue weighted by Gasteiger charge is 2.32. The smallest absolute Gasteiger partial charge is 0.295 e. The lowest BCUT2D eigenvalue weighted by Crippen LogP contribution is -2.52. The van der Waals surface area contributed by atoms with Crippen molar-refractivity contribution in [3.63, 3.8) is 0 Å². The van der Waals surface area contributed by atoms with Crippen LogP contribution >= 0.6 is 0 Å². The predicted molar refractivity (Wildman–Crippen MR) is 123 cm³/mol.